The molecule has 0 fully saturated rings. The van der Waals surface area contributed by atoms with Crippen LogP contribution >= 0.6 is 11.3 Å². The van der Waals surface area contributed by atoms with Crippen molar-refractivity contribution in [1.29, 1.82) is 0 Å². The van der Waals surface area contributed by atoms with Gasteiger partial charge in [0.1, 0.15) is 17.3 Å². The Morgan fingerprint density at radius 1 is 1.18 bits per heavy atom. The molecule has 88 valence electrons. The van der Waals surface area contributed by atoms with Gasteiger partial charge >= 0.3 is 0 Å². The van der Waals surface area contributed by atoms with Gasteiger partial charge in [-0.1, -0.05) is 6.07 Å². The quantitative estimate of drug-likeness (QED) is 0.870. The molecule has 17 heavy (non-hydrogen) atoms. The molecule has 0 atom stereocenters. The summed E-state index contributed by atoms with van der Waals surface area (Å²) in [6.45, 7) is 1.85. The van der Waals surface area contributed by atoms with Crippen molar-refractivity contribution >= 4 is 22.9 Å². The van der Waals surface area contributed by atoms with E-state index in [0.29, 0.717) is 4.88 Å². The van der Waals surface area contributed by atoms with Crippen LogP contribution in [0, 0.1) is 18.6 Å². The molecule has 1 N–H and O–H groups in total. The van der Waals surface area contributed by atoms with Crippen molar-refractivity contribution in [3.63, 3.8) is 0 Å². The van der Waals surface area contributed by atoms with E-state index < -0.39 is 23.2 Å². The molecule has 0 radical (unpaired) electrons. The Labute approximate surface area is 101 Å². The molecule has 1 aromatic heterocycles. The number of halogens is 2. The first-order valence-corrected chi connectivity index (χ1v) is 5.71. The summed E-state index contributed by atoms with van der Waals surface area (Å²) in [5.74, 6) is -2.08. The second-order valence-electron chi connectivity index (χ2n) is 3.46. The molecular formula is C12H9F2NOS. The van der Waals surface area contributed by atoms with E-state index in [1.54, 1.807) is 12.1 Å². The Bertz CT molecular complexity index is 545. The Hall–Kier alpha value is -1.75. The van der Waals surface area contributed by atoms with Crippen molar-refractivity contribution in [3.05, 3.63) is 51.7 Å². The van der Waals surface area contributed by atoms with Gasteiger partial charge in [0, 0.05) is 4.88 Å². The number of thiophene rings is 1. The average molecular weight is 253 g/mol. The minimum absolute atomic E-state index is 0.413. The average Bonchev–Trinajstić information content (AvgIpc) is 2.70. The fraction of sp³-hybridized carbons (Fsp3) is 0.0833. The Morgan fingerprint density at radius 2 is 1.82 bits per heavy atom. The van der Waals surface area contributed by atoms with Crippen molar-refractivity contribution in [2.45, 2.75) is 6.92 Å². The van der Waals surface area contributed by atoms with Crippen LogP contribution in [0.2, 0.25) is 0 Å². The minimum Gasteiger partial charge on any atom is -0.316 e. The molecule has 2 nitrogen and oxygen atoms in total. The second-order valence-corrected chi connectivity index (χ2v) is 4.75. The molecular weight excluding hydrogens is 244 g/mol. The summed E-state index contributed by atoms with van der Waals surface area (Å²) < 4.78 is 26.6. The van der Waals surface area contributed by atoms with Crippen LogP contribution in [0.5, 0.6) is 0 Å². The van der Waals surface area contributed by atoms with Gasteiger partial charge in [-0.15, -0.1) is 11.3 Å². The smallest absolute Gasteiger partial charge is 0.265 e. The predicted molar refractivity (Wildman–Crippen MR) is 63.4 cm³/mol. The SMILES string of the molecule is Cc1ccc(C(=O)Nc2c(F)cccc2F)s1. The van der Waals surface area contributed by atoms with E-state index in [1.165, 1.54) is 17.4 Å². The highest BCUT2D eigenvalue weighted by Gasteiger charge is 2.14. The van der Waals surface area contributed by atoms with Gasteiger partial charge in [-0.2, -0.15) is 0 Å². The van der Waals surface area contributed by atoms with E-state index in [-0.39, 0.29) is 0 Å². The van der Waals surface area contributed by atoms with Crippen molar-refractivity contribution in [2.75, 3.05) is 5.32 Å². The van der Waals surface area contributed by atoms with Gasteiger partial charge in [0.25, 0.3) is 5.91 Å². The van der Waals surface area contributed by atoms with Crippen molar-refractivity contribution in [3.8, 4) is 0 Å². The van der Waals surface area contributed by atoms with Crippen LogP contribution in [0.1, 0.15) is 14.5 Å². The predicted octanol–water partition coefficient (Wildman–Crippen LogP) is 3.59. The van der Waals surface area contributed by atoms with Gasteiger partial charge in [0.2, 0.25) is 0 Å². The highest BCUT2D eigenvalue weighted by molar-refractivity contribution is 7.14. The number of amides is 1. The van der Waals surface area contributed by atoms with Crippen LogP contribution in [0.25, 0.3) is 0 Å². The van der Waals surface area contributed by atoms with Gasteiger partial charge in [-0.3, -0.25) is 4.79 Å². The summed E-state index contributed by atoms with van der Waals surface area (Å²) in [7, 11) is 0. The lowest BCUT2D eigenvalue weighted by atomic mass is 10.3. The highest BCUT2D eigenvalue weighted by atomic mass is 32.1. The van der Waals surface area contributed by atoms with E-state index in [9.17, 15) is 13.6 Å². The molecule has 0 unspecified atom stereocenters. The molecule has 0 aliphatic rings. The Morgan fingerprint density at radius 3 is 2.35 bits per heavy atom. The van der Waals surface area contributed by atoms with E-state index in [4.69, 9.17) is 0 Å². The molecule has 5 heteroatoms. The first kappa shape index (κ1) is 11.7. The molecule has 0 spiro atoms. The lowest BCUT2D eigenvalue weighted by molar-refractivity contribution is 0.102. The van der Waals surface area contributed by atoms with Gasteiger partial charge in [-0.25, -0.2) is 8.78 Å². The number of carbonyl (C=O) groups is 1. The maximum atomic E-state index is 13.3. The normalized spacial score (nSPS) is 10.3. The maximum Gasteiger partial charge on any atom is 0.265 e. The van der Waals surface area contributed by atoms with E-state index in [0.717, 1.165) is 17.0 Å². The molecule has 0 aliphatic carbocycles. The van der Waals surface area contributed by atoms with Crippen LogP contribution < -0.4 is 5.32 Å². The molecule has 2 aromatic rings. The van der Waals surface area contributed by atoms with Crippen LogP contribution in [0.3, 0.4) is 0 Å². The summed E-state index contributed by atoms with van der Waals surface area (Å²) >= 11 is 1.27. The number of rotatable bonds is 2. The number of para-hydroxylation sites is 1. The number of benzene rings is 1. The Kier molecular flexibility index (Phi) is 3.19. The number of hydrogen-bond acceptors (Lipinski definition) is 2. The fourth-order valence-corrected chi connectivity index (χ4v) is 2.11. The fourth-order valence-electron chi connectivity index (χ4n) is 1.35. The zero-order chi connectivity index (χ0) is 12.4. The molecule has 1 aromatic carbocycles. The molecule has 0 bridgehead atoms. The van der Waals surface area contributed by atoms with Crippen LogP contribution in [0.4, 0.5) is 14.5 Å². The van der Waals surface area contributed by atoms with Gasteiger partial charge in [-0.05, 0) is 31.2 Å². The van der Waals surface area contributed by atoms with Crippen molar-refractivity contribution in [2.24, 2.45) is 0 Å². The first-order chi connectivity index (χ1) is 8.08. The maximum absolute atomic E-state index is 13.3. The summed E-state index contributed by atoms with van der Waals surface area (Å²) in [6, 6.07) is 6.83. The summed E-state index contributed by atoms with van der Waals surface area (Å²) in [5.41, 5.74) is -0.413. The highest BCUT2D eigenvalue weighted by Crippen LogP contribution is 2.21. The number of anilines is 1. The van der Waals surface area contributed by atoms with Gasteiger partial charge in [0.15, 0.2) is 0 Å². The molecule has 0 aliphatic heterocycles. The summed E-state index contributed by atoms with van der Waals surface area (Å²) in [4.78, 5) is 13.1. The van der Waals surface area contributed by atoms with Crippen molar-refractivity contribution < 1.29 is 13.6 Å². The second kappa shape index (κ2) is 4.63. The first-order valence-electron chi connectivity index (χ1n) is 4.90. The molecule has 2 rings (SSSR count). The summed E-state index contributed by atoms with van der Waals surface area (Å²) in [6.07, 6.45) is 0. The minimum atomic E-state index is -0.786. The third kappa shape index (κ3) is 2.50. The topological polar surface area (TPSA) is 29.1 Å². The lowest BCUT2D eigenvalue weighted by Crippen LogP contribution is -2.12. The van der Waals surface area contributed by atoms with Gasteiger partial charge < -0.3 is 5.32 Å². The van der Waals surface area contributed by atoms with E-state index >= 15 is 0 Å². The molecule has 0 saturated carbocycles. The van der Waals surface area contributed by atoms with E-state index in [1.807, 2.05) is 6.92 Å². The molecule has 0 saturated heterocycles. The third-order valence-electron chi connectivity index (χ3n) is 2.17. The summed E-state index contributed by atoms with van der Waals surface area (Å²) in [5, 5.41) is 2.23. The van der Waals surface area contributed by atoms with Crippen molar-refractivity contribution in [1.82, 2.24) is 0 Å². The number of carbonyl (C=O) groups excluding carboxylic acids is 1. The Balaban J connectivity index is 2.24. The zero-order valence-electron chi connectivity index (χ0n) is 8.96. The van der Waals surface area contributed by atoms with Crippen LogP contribution in [0.15, 0.2) is 30.3 Å². The van der Waals surface area contributed by atoms with Crippen LogP contribution in [-0.2, 0) is 0 Å². The standard InChI is InChI=1S/C12H9F2NOS/c1-7-5-6-10(17-7)12(16)15-11-8(13)3-2-4-9(11)14/h2-6H,1H3,(H,15,16). The number of nitrogens with one attached hydrogen (secondary N) is 1. The van der Waals surface area contributed by atoms with Gasteiger partial charge in [0.05, 0.1) is 4.88 Å². The van der Waals surface area contributed by atoms with E-state index in [2.05, 4.69) is 5.32 Å². The number of hydrogen-bond donors (Lipinski definition) is 1. The number of aryl methyl sites for hydroxylation is 1. The monoisotopic (exact) mass is 253 g/mol. The zero-order valence-corrected chi connectivity index (χ0v) is 9.78. The van der Waals surface area contributed by atoms with Crippen LogP contribution in [-0.4, -0.2) is 5.91 Å². The third-order valence-corrected chi connectivity index (χ3v) is 3.16. The lowest BCUT2D eigenvalue weighted by Gasteiger charge is -2.05. The largest absolute Gasteiger partial charge is 0.316 e. The molecule has 1 amide bonds. The molecule has 1 heterocycles.